The maximum absolute atomic E-state index is 3.58. The predicted molar refractivity (Wildman–Crippen MR) is 54.9 cm³/mol. The molecule has 0 aromatic heterocycles. The molecular formula is C8H15Br2. The molecule has 0 aliphatic rings. The van der Waals surface area contributed by atoms with Crippen LogP contribution in [0.1, 0.15) is 33.1 Å². The van der Waals surface area contributed by atoms with E-state index < -0.39 is 0 Å². The minimum atomic E-state index is 0.629. The lowest BCUT2D eigenvalue weighted by atomic mass is 10.1. The lowest BCUT2D eigenvalue weighted by molar-refractivity contribution is 0.770. The molecule has 0 saturated heterocycles. The molecule has 0 aliphatic carbocycles. The van der Waals surface area contributed by atoms with Gasteiger partial charge in [0.05, 0.1) is 0 Å². The molecule has 0 nitrogen and oxygen atoms in total. The zero-order chi connectivity index (χ0) is 7.98. The Morgan fingerprint density at radius 2 is 1.90 bits per heavy atom. The summed E-state index contributed by atoms with van der Waals surface area (Å²) < 4.78 is 0. The van der Waals surface area contributed by atoms with Crippen molar-refractivity contribution in [1.82, 2.24) is 0 Å². The second kappa shape index (κ2) is 6.66. The summed E-state index contributed by atoms with van der Waals surface area (Å²) in [6.45, 7) is 4.37. The van der Waals surface area contributed by atoms with Crippen molar-refractivity contribution in [2.75, 3.05) is 0 Å². The monoisotopic (exact) mass is 269 g/mol. The van der Waals surface area contributed by atoms with Crippen LogP contribution in [0.4, 0.5) is 0 Å². The molecule has 0 heterocycles. The van der Waals surface area contributed by atoms with Gasteiger partial charge in [-0.1, -0.05) is 45.7 Å². The Bertz CT molecular complexity index is 71.7. The summed E-state index contributed by atoms with van der Waals surface area (Å²) in [5, 5.41) is 0. The van der Waals surface area contributed by atoms with Crippen LogP contribution in [0, 0.1) is 6.42 Å². The van der Waals surface area contributed by atoms with Gasteiger partial charge in [0.15, 0.2) is 0 Å². The van der Waals surface area contributed by atoms with E-state index in [9.17, 15) is 0 Å². The molecule has 61 valence electrons. The Hall–Kier alpha value is 0.960. The van der Waals surface area contributed by atoms with Gasteiger partial charge in [-0.3, -0.25) is 0 Å². The van der Waals surface area contributed by atoms with Crippen LogP contribution in [0.3, 0.4) is 0 Å². The molecule has 2 unspecified atom stereocenters. The van der Waals surface area contributed by atoms with Crippen molar-refractivity contribution in [2.24, 2.45) is 0 Å². The van der Waals surface area contributed by atoms with Crippen molar-refractivity contribution in [3.63, 3.8) is 0 Å². The fourth-order valence-electron chi connectivity index (χ4n) is 0.673. The number of hydrogen-bond donors (Lipinski definition) is 0. The highest BCUT2D eigenvalue weighted by molar-refractivity contribution is 9.09. The zero-order valence-corrected chi connectivity index (χ0v) is 9.78. The van der Waals surface area contributed by atoms with Crippen LogP contribution >= 0.6 is 31.9 Å². The second-order valence-corrected chi connectivity index (χ2v) is 5.40. The normalized spacial score (nSPS) is 16.8. The van der Waals surface area contributed by atoms with Crippen LogP contribution in [0.25, 0.3) is 0 Å². The molecular weight excluding hydrogens is 256 g/mol. The third kappa shape index (κ3) is 7.07. The molecule has 0 aromatic rings. The summed E-state index contributed by atoms with van der Waals surface area (Å²) in [4.78, 5) is 1.31. The molecule has 0 rings (SSSR count). The van der Waals surface area contributed by atoms with Crippen LogP contribution in [0.15, 0.2) is 0 Å². The van der Waals surface area contributed by atoms with Gasteiger partial charge in [-0.15, -0.1) is 0 Å². The fraction of sp³-hybridized carbons (Fsp3) is 0.875. The Balaban J connectivity index is 3.03. The summed E-state index contributed by atoms with van der Waals surface area (Å²) in [6.07, 6.45) is 5.91. The van der Waals surface area contributed by atoms with Crippen molar-refractivity contribution >= 4 is 31.9 Å². The van der Waals surface area contributed by atoms with E-state index in [1.54, 1.807) is 0 Å². The first kappa shape index (κ1) is 11.0. The van der Waals surface area contributed by atoms with Crippen LogP contribution in [0.2, 0.25) is 0 Å². The van der Waals surface area contributed by atoms with E-state index in [4.69, 9.17) is 0 Å². The summed E-state index contributed by atoms with van der Waals surface area (Å²) in [6, 6.07) is 0. The molecule has 0 N–H and O–H groups in total. The topological polar surface area (TPSA) is 0 Å². The lowest BCUT2D eigenvalue weighted by Crippen LogP contribution is -1.98. The van der Waals surface area contributed by atoms with E-state index in [1.807, 2.05) is 0 Å². The summed E-state index contributed by atoms with van der Waals surface area (Å²) in [5.41, 5.74) is 0. The van der Waals surface area contributed by atoms with Gasteiger partial charge in [0.25, 0.3) is 0 Å². The molecule has 0 bridgehead atoms. The van der Waals surface area contributed by atoms with E-state index >= 15 is 0 Å². The van der Waals surface area contributed by atoms with Gasteiger partial charge in [0.1, 0.15) is 0 Å². The van der Waals surface area contributed by atoms with Gasteiger partial charge in [-0.2, -0.15) is 0 Å². The molecule has 2 atom stereocenters. The summed E-state index contributed by atoms with van der Waals surface area (Å²) in [7, 11) is 0. The van der Waals surface area contributed by atoms with Crippen LogP contribution in [-0.2, 0) is 0 Å². The highest BCUT2D eigenvalue weighted by Gasteiger charge is 2.01. The van der Waals surface area contributed by atoms with E-state index in [2.05, 4.69) is 52.1 Å². The van der Waals surface area contributed by atoms with Crippen molar-refractivity contribution in [1.29, 1.82) is 0 Å². The standard InChI is InChI=1S/C8H15Br2/c1-3-8(10)6-4-5-7(2)9/h4,7-8H,3,5-6H2,1-2H3. The van der Waals surface area contributed by atoms with Gasteiger partial charge >= 0.3 is 0 Å². The number of hydrogen-bond acceptors (Lipinski definition) is 0. The maximum Gasteiger partial charge on any atom is 0.0145 e. The first-order valence-corrected chi connectivity index (χ1v) is 5.59. The van der Waals surface area contributed by atoms with Crippen molar-refractivity contribution < 1.29 is 0 Å². The molecule has 0 aromatic carbocycles. The van der Waals surface area contributed by atoms with Crippen molar-refractivity contribution in [2.45, 2.75) is 42.8 Å². The smallest absolute Gasteiger partial charge is 0.0145 e. The Labute approximate surface area is 81.0 Å². The van der Waals surface area contributed by atoms with Gasteiger partial charge in [-0.05, 0) is 25.7 Å². The van der Waals surface area contributed by atoms with E-state index in [0.717, 1.165) is 0 Å². The van der Waals surface area contributed by atoms with Crippen LogP contribution < -0.4 is 0 Å². The summed E-state index contributed by atoms with van der Waals surface area (Å²) >= 11 is 7.08. The Morgan fingerprint density at radius 1 is 1.30 bits per heavy atom. The predicted octanol–water partition coefficient (Wildman–Crippen LogP) is 3.93. The van der Waals surface area contributed by atoms with Gasteiger partial charge in [-0.25, -0.2) is 0 Å². The van der Waals surface area contributed by atoms with Crippen molar-refractivity contribution in [3.05, 3.63) is 6.42 Å². The number of alkyl halides is 2. The quantitative estimate of drug-likeness (QED) is 0.664. The molecule has 0 amide bonds. The number of rotatable bonds is 5. The minimum Gasteiger partial charge on any atom is -0.0894 e. The average molecular weight is 271 g/mol. The highest BCUT2D eigenvalue weighted by Crippen LogP contribution is 2.15. The molecule has 2 heteroatoms. The van der Waals surface area contributed by atoms with Gasteiger partial charge < -0.3 is 0 Å². The molecule has 0 fully saturated rings. The first-order valence-electron chi connectivity index (χ1n) is 3.76. The third-order valence-corrected chi connectivity index (χ3v) is 2.75. The molecule has 10 heavy (non-hydrogen) atoms. The molecule has 0 spiro atoms. The zero-order valence-electron chi connectivity index (χ0n) is 6.61. The minimum absolute atomic E-state index is 0.629. The van der Waals surface area contributed by atoms with Crippen LogP contribution in [-0.4, -0.2) is 9.65 Å². The van der Waals surface area contributed by atoms with Gasteiger partial charge in [0.2, 0.25) is 0 Å². The average Bonchev–Trinajstić information content (AvgIpc) is 1.87. The Morgan fingerprint density at radius 3 is 2.30 bits per heavy atom. The first-order chi connectivity index (χ1) is 4.66. The van der Waals surface area contributed by atoms with E-state index in [-0.39, 0.29) is 0 Å². The number of halogens is 2. The molecule has 0 aliphatic heterocycles. The maximum atomic E-state index is 3.58. The summed E-state index contributed by atoms with van der Waals surface area (Å²) in [5.74, 6) is 0. The SMILES string of the molecule is CCC(Br)C[CH]CC(C)Br. The molecule has 0 saturated carbocycles. The lowest BCUT2D eigenvalue weighted by Gasteiger charge is -2.06. The van der Waals surface area contributed by atoms with Crippen LogP contribution in [0.5, 0.6) is 0 Å². The highest BCUT2D eigenvalue weighted by atomic mass is 79.9. The van der Waals surface area contributed by atoms with E-state index in [0.29, 0.717) is 9.65 Å². The fourth-order valence-corrected chi connectivity index (χ4v) is 1.20. The molecule has 1 radical (unpaired) electrons. The third-order valence-electron chi connectivity index (χ3n) is 1.36. The Kier molecular flexibility index (Phi) is 7.30. The van der Waals surface area contributed by atoms with E-state index in [1.165, 1.54) is 19.3 Å². The van der Waals surface area contributed by atoms with Crippen molar-refractivity contribution in [3.8, 4) is 0 Å². The second-order valence-electron chi connectivity index (χ2n) is 2.55. The largest absolute Gasteiger partial charge is 0.0894 e. The van der Waals surface area contributed by atoms with Gasteiger partial charge in [0, 0.05) is 9.65 Å².